The molecular weight excluding hydrogens is 274 g/mol. The normalized spacial score (nSPS) is 30.3. The SMILES string of the molecule is C[C@H]1OCCN[C@@H]1C(=O)N1CCOC(Cn2cncn2)C1. The van der Waals surface area contributed by atoms with Crippen molar-refractivity contribution in [2.75, 3.05) is 32.8 Å². The fourth-order valence-electron chi connectivity index (χ4n) is 2.77. The Morgan fingerprint density at radius 3 is 3.10 bits per heavy atom. The second kappa shape index (κ2) is 6.50. The molecule has 1 N–H and O–H groups in total. The molecule has 21 heavy (non-hydrogen) atoms. The van der Waals surface area contributed by atoms with Gasteiger partial charge in [-0.15, -0.1) is 0 Å². The second-order valence-corrected chi connectivity index (χ2v) is 5.40. The summed E-state index contributed by atoms with van der Waals surface area (Å²) in [5, 5.41) is 7.31. The molecule has 0 aliphatic carbocycles. The van der Waals surface area contributed by atoms with Crippen LogP contribution in [0, 0.1) is 0 Å². The third-order valence-electron chi connectivity index (χ3n) is 3.89. The average Bonchev–Trinajstić information content (AvgIpc) is 3.00. The lowest BCUT2D eigenvalue weighted by Gasteiger charge is -2.37. The van der Waals surface area contributed by atoms with Gasteiger partial charge in [-0.1, -0.05) is 0 Å². The van der Waals surface area contributed by atoms with Crippen molar-refractivity contribution in [1.29, 1.82) is 0 Å². The number of morpholine rings is 2. The number of nitrogens with one attached hydrogen (secondary N) is 1. The smallest absolute Gasteiger partial charge is 0.242 e. The van der Waals surface area contributed by atoms with Crippen LogP contribution in [-0.4, -0.2) is 76.7 Å². The number of amides is 1. The van der Waals surface area contributed by atoms with Crippen LogP contribution in [0.1, 0.15) is 6.92 Å². The molecule has 1 aromatic heterocycles. The molecule has 0 bridgehead atoms. The first kappa shape index (κ1) is 14.4. The van der Waals surface area contributed by atoms with E-state index in [9.17, 15) is 4.79 Å². The molecule has 3 heterocycles. The zero-order chi connectivity index (χ0) is 14.7. The Bertz CT molecular complexity index is 466. The van der Waals surface area contributed by atoms with Gasteiger partial charge in [-0.05, 0) is 6.92 Å². The maximum atomic E-state index is 12.6. The number of rotatable bonds is 3. The van der Waals surface area contributed by atoms with E-state index in [4.69, 9.17) is 9.47 Å². The Morgan fingerprint density at radius 1 is 1.43 bits per heavy atom. The van der Waals surface area contributed by atoms with Crippen molar-refractivity contribution in [3.05, 3.63) is 12.7 Å². The zero-order valence-corrected chi connectivity index (χ0v) is 12.1. The number of hydrogen-bond donors (Lipinski definition) is 1. The molecule has 116 valence electrons. The van der Waals surface area contributed by atoms with Crippen molar-refractivity contribution in [3.63, 3.8) is 0 Å². The van der Waals surface area contributed by atoms with Crippen molar-refractivity contribution in [2.24, 2.45) is 0 Å². The average molecular weight is 295 g/mol. The van der Waals surface area contributed by atoms with Crippen molar-refractivity contribution in [2.45, 2.75) is 31.7 Å². The first-order chi connectivity index (χ1) is 10.2. The Morgan fingerprint density at radius 2 is 2.33 bits per heavy atom. The Balaban J connectivity index is 1.58. The van der Waals surface area contributed by atoms with E-state index < -0.39 is 0 Å². The van der Waals surface area contributed by atoms with Crippen molar-refractivity contribution >= 4 is 5.91 Å². The topological polar surface area (TPSA) is 81.5 Å². The maximum absolute atomic E-state index is 12.6. The van der Waals surface area contributed by atoms with Crippen molar-refractivity contribution in [3.8, 4) is 0 Å². The van der Waals surface area contributed by atoms with Crippen molar-refractivity contribution in [1.82, 2.24) is 25.0 Å². The maximum Gasteiger partial charge on any atom is 0.242 e. The van der Waals surface area contributed by atoms with Gasteiger partial charge in [-0.2, -0.15) is 5.10 Å². The first-order valence-electron chi connectivity index (χ1n) is 7.32. The molecule has 0 saturated carbocycles. The minimum Gasteiger partial charge on any atom is -0.375 e. The number of aromatic nitrogens is 3. The highest BCUT2D eigenvalue weighted by Crippen LogP contribution is 2.12. The number of hydrogen-bond acceptors (Lipinski definition) is 6. The molecule has 2 aliphatic heterocycles. The lowest BCUT2D eigenvalue weighted by Crippen LogP contribution is -2.59. The predicted octanol–water partition coefficient (Wildman–Crippen LogP) is -1.12. The highest BCUT2D eigenvalue weighted by atomic mass is 16.5. The Labute approximate surface area is 123 Å². The van der Waals surface area contributed by atoms with E-state index in [1.54, 1.807) is 11.0 Å². The van der Waals surface area contributed by atoms with Gasteiger partial charge in [0, 0.05) is 19.6 Å². The monoisotopic (exact) mass is 295 g/mol. The summed E-state index contributed by atoms with van der Waals surface area (Å²) in [6, 6.07) is -0.260. The third-order valence-corrected chi connectivity index (χ3v) is 3.89. The molecule has 2 fully saturated rings. The number of nitrogens with zero attached hydrogens (tertiary/aromatic N) is 4. The van der Waals surface area contributed by atoms with Gasteiger partial charge < -0.3 is 19.7 Å². The van der Waals surface area contributed by atoms with Gasteiger partial charge >= 0.3 is 0 Å². The summed E-state index contributed by atoms with van der Waals surface area (Å²) in [6.45, 7) is 5.65. The minimum absolute atomic E-state index is 0.0517. The molecule has 0 radical (unpaired) electrons. The van der Waals surface area contributed by atoms with Gasteiger partial charge in [-0.25, -0.2) is 4.98 Å². The molecule has 2 saturated heterocycles. The quantitative estimate of drug-likeness (QED) is 0.761. The van der Waals surface area contributed by atoms with Gasteiger partial charge in [0.1, 0.15) is 18.7 Å². The van der Waals surface area contributed by atoms with Crippen LogP contribution in [0.2, 0.25) is 0 Å². The summed E-state index contributed by atoms with van der Waals surface area (Å²) in [5.41, 5.74) is 0. The van der Waals surface area contributed by atoms with Crippen LogP contribution < -0.4 is 5.32 Å². The predicted molar refractivity (Wildman–Crippen MR) is 73.5 cm³/mol. The molecule has 8 heteroatoms. The van der Waals surface area contributed by atoms with E-state index in [-0.39, 0.29) is 24.2 Å². The van der Waals surface area contributed by atoms with E-state index in [2.05, 4.69) is 15.4 Å². The summed E-state index contributed by atoms with van der Waals surface area (Å²) in [5.74, 6) is 0.0918. The summed E-state index contributed by atoms with van der Waals surface area (Å²) < 4.78 is 13.0. The Hall–Kier alpha value is -1.51. The fraction of sp³-hybridized carbons (Fsp3) is 0.769. The van der Waals surface area contributed by atoms with Crippen LogP contribution in [0.25, 0.3) is 0 Å². The molecule has 2 aliphatic rings. The highest BCUT2D eigenvalue weighted by molar-refractivity contribution is 5.82. The summed E-state index contributed by atoms with van der Waals surface area (Å²) in [4.78, 5) is 18.4. The largest absolute Gasteiger partial charge is 0.375 e. The lowest BCUT2D eigenvalue weighted by molar-refractivity contribution is -0.147. The summed E-state index contributed by atoms with van der Waals surface area (Å²) in [7, 11) is 0. The number of carbonyl (C=O) groups is 1. The molecule has 1 amide bonds. The van der Waals surface area contributed by atoms with E-state index in [0.717, 1.165) is 0 Å². The molecule has 1 unspecified atom stereocenters. The second-order valence-electron chi connectivity index (χ2n) is 5.40. The summed E-state index contributed by atoms with van der Waals surface area (Å²) >= 11 is 0. The van der Waals surface area contributed by atoms with E-state index in [0.29, 0.717) is 39.4 Å². The van der Waals surface area contributed by atoms with Crippen molar-refractivity contribution < 1.29 is 14.3 Å². The van der Waals surface area contributed by atoms with Crippen LogP contribution in [0.5, 0.6) is 0 Å². The van der Waals surface area contributed by atoms with Gasteiger partial charge in [0.2, 0.25) is 5.91 Å². The van der Waals surface area contributed by atoms with Gasteiger partial charge in [-0.3, -0.25) is 9.48 Å². The third kappa shape index (κ3) is 3.39. The molecule has 0 aromatic carbocycles. The van der Waals surface area contributed by atoms with Crippen LogP contribution >= 0.6 is 0 Å². The molecule has 0 spiro atoms. The molecule has 8 nitrogen and oxygen atoms in total. The molecule has 3 rings (SSSR count). The van der Waals surface area contributed by atoms with E-state index in [1.165, 1.54) is 6.33 Å². The first-order valence-corrected chi connectivity index (χ1v) is 7.32. The van der Waals surface area contributed by atoms with Crippen LogP contribution in [0.3, 0.4) is 0 Å². The van der Waals surface area contributed by atoms with Gasteiger partial charge in [0.15, 0.2) is 0 Å². The minimum atomic E-state index is -0.260. The number of ether oxygens (including phenoxy) is 2. The van der Waals surface area contributed by atoms with Crippen LogP contribution in [0.15, 0.2) is 12.7 Å². The van der Waals surface area contributed by atoms with Crippen LogP contribution in [0.4, 0.5) is 0 Å². The highest BCUT2D eigenvalue weighted by Gasteiger charge is 2.34. The molecule has 3 atom stereocenters. The molecular formula is C13H21N5O3. The standard InChI is InChI=1S/C13H21N5O3/c1-10-12(15-2-4-20-10)13(19)17-3-5-21-11(6-17)7-18-9-14-8-16-18/h8-12,15H,2-7H2,1H3/t10-,11?,12+/m1/s1. The van der Waals surface area contributed by atoms with Crippen LogP contribution in [-0.2, 0) is 20.8 Å². The van der Waals surface area contributed by atoms with Gasteiger partial charge in [0.05, 0.1) is 32.0 Å². The fourth-order valence-corrected chi connectivity index (χ4v) is 2.77. The van der Waals surface area contributed by atoms with E-state index >= 15 is 0 Å². The zero-order valence-electron chi connectivity index (χ0n) is 12.1. The van der Waals surface area contributed by atoms with Gasteiger partial charge in [0.25, 0.3) is 0 Å². The number of carbonyl (C=O) groups excluding carboxylic acids is 1. The summed E-state index contributed by atoms with van der Waals surface area (Å²) in [6.07, 6.45) is 3.01. The molecule has 1 aromatic rings. The Kier molecular flexibility index (Phi) is 4.47. The lowest BCUT2D eigenvalue weighted by atomic mass is 10.1. The van der Waals surface area contributed by atoms with E-state index in [1.807, 2.05) is 11.8 Å².